The van der Waals surface area contributed by atoms with Gasteiger partial charge in [0.1, 0.15) is 30.9 Å². The summed E-state index contributed by atoms with van der Waals surface area (Å²) in [7, 11) is 3.11. The van der Waals surface area contributed by atoms with Crippen molar-refractivity contribution in [1.29, 1.82) is 0 Å². The summed E-state index contributed by atoms with van der Waals surface area (Å²) in [6, 6.07) is 8.08. The third-order valence-corrected chi connectivity index (χ3v) is 5.10. The summed E-state index contributed by atoms with van der Waals surface area (Å²) in [5, 5.41) is 3.90. The number of aldehydes is 1. The van der Waals surface area contributed by atoms with Crippen LogP contribution >= 0.6 is 0 Å². The number of nitrogens with zero attached hydrogens (tertiary/aromatic N) is 2. The monoisotopic (exact) mass is 496 g/mol. The number of hydrogen-bond acceptors (Lipinski definition) is 8. The number of carbonyl (C=O) groups is 1. The van der Waals surface area contributed by atoms with E-state index in [9.17, 15) is 9.18 Å². The van der Waals surface area contributed by atoms with Crippen LogP contribution in [0.25, 0.3) is 10.9 Å². The molecule has 9 heteroatoms. The van der Waals surface area contributed by atoms with Crippen LogP contribution in [0.4, 0.5) is 15.9 Å². The first-order chi connectivity index (χ1) is 17.7. The summed E-state index contributed by atoms with van der Waals surface area (Å²) < 4.78 is 30.8. The predicted molar refractivity (Wildman–Crippen MR) is 139 cm³/mol. The Bertz CT molecular complexity index is 1150. The van der Waals surface area contributed by atoms with Crippen LogP contribution < -0.4 is 20.5 Å². The third kappa shape index (κ3) is 8.48. The summed E-state index contributed by atoms with van der Waals surface area (Å²) in [6.07, 6.45) is 12.1. The third-order valence-electron chi connectivity index (χ3n) is 5.10. The van der Waals surface area contributed by atoms with E-state index in [-0.39, 0.29) is 5.56 Å². The number of hydrogen-bond donors (Lipinski definition) is 2. The van der Waals surface area contributed by atoms with Gasteiger partial charge < -0.3 is 30.1 Å². The molecule has 0 radical (unpaired) electrons. The van der Waals surface area contributed by atoms with Gasteiger partial charge in [0, 0.05) is 30.7 Å². The summed E-state index contributed by atoms with van der Waals surface area (Å²) in [5.41, 5.74) is 5.92. The molecule has 3 aromatic rings. The second kappa shape index (κ2) is 16.0. The molecule has 3 rings (SSSR count). The van der Waals surface area contributed by atoms with Crippen molar-refractivity contribution in [3.63, 3.8) is 0 Å². The van der Waals surface area contributed by atoms with Crippen LogP contribution in [0.2, 0.25) is 0 Å². The lowest BCUT2D eigenvalue weighted by atomic mass is 10.1. The maximum absolute atomic E-state index is 13.8. The first kappa shape index (κ1) is 28.5. The molecule has 1 aromatic heterocycles. The summed E-state index contributed by atoms with van der Waals surface area (Å²) in [5.74, 6) is 3.53. The van der Waals surface area contributed by atoms with E-state index in [0.29, 0.717) is 60.1 Å². The number of unbranched alkanes of at least 4 members (excludes halogenated alkanes) is 4. The number of rotatable bonds is 14. The largest absolute Gasteiger partial charge is 0.490 e. The molecule has 1 heterocycles. The van der Waals surface area contributed by atoms with Crippen LogP contribution in [0.3, 0.4) is 0 Å². The van der Waals surface area contributed by atoms with Gasteiger partial charge in [-0.05, 0) is 44.2 Å². The molecule has 0 saturated carbocycles. The highest BCUT2D eigenvalue weighted by Crippen LogP contribution is 2.35. The first-order valence-corrected chi connectivity index (χ1v) is 11.7. The lowest BCUT2D eigenvalue weighted by Gasteiger charge is -2.15. The van der Waals surface area contributed by atoms with Gasteiger partial charge in [-0.25, -0.2) is 14.4 Å². The van der Waals surface area contributed by atoms with Crippen molar-refractivity contribution < 1.29 is 23.4 Å². The summed E-state index contributed by atoms with van der Waals surface area (Å²) in [4.78, 5) is 19.1. The molecule has 0 amide bonds. The van der Waals surface area contributed by atoms with Gasteiger partial charge in [-0.15, -0.1) is 6.42 Å². The Hall–Kier alpha value is -3.74. The van der Waals surface area contributed by atoms with Crippen LogP contribution in [0.15, 0.2) is 36.7 Å². The van der Waals surface area contributed by atoms with E-state index in [1.165, 1.54) is 19.4 Å². The van der Waals surface area contributed by atoms with Gasteiger partial charge in [0.15, 0.2) is 11.5 Å². The molecule has 0 atom stereocenters. The quantitative estimate of drug-likeness (QED) is 0.189. The number of carbonyl (C=O) groups excluding carboxylic acids is 1. The van der Waals surface area contributed by atoms with E-state index in [1.54, 1.807) is 25.3 Å². The Morgan fingerprint density at radius 2 is 1.78 bits per heavy atom. The summed E-state index contributed by atoms with van der Waals surface area (Å²) in [6.45, 7) is 1.31. The number of halogens is 1. The van der Waals surface area contributed by atoms with E-state index in [0.717, 1.165) is 32.0 Å². The van der Waals surface area contributed by atoms with Gasteiger partial charge in [0.25, 0.3) is 0 Å². The van der Waals surface area contributed by atoms with Crippen molar-refractivity contribution in [2.75, 3.05) is 39.3 Å². The van der Waals surface area contributed by atoms with Crippen molar-refractivity contribution in [2.24, 2.45) is 5.73 Å². The molecule has 0 bridgehead atoms. The van der Waals surface area contributed by atoms with Gasteiger partial charge in [-0.1, -0.05) is 18.8 Å². The lowest BCUT2D eigenvalue weighted by Crippen LogP contribution is -2.07. The summed E-state index contributed by atoms with van der Waals surface area (Å²) >= 11 is 0. The van der Waals surface area contributed by atoms with Gasteiger partial charge >= 0.3 is 0 Å². The maximum Gasteiger partial charge on any atom is 0.163 e. The molecule has 36 heavy (non-hydrogen) atoms. The van der Waals surface area contributed by atoms with Crippen molar-refractivity contribution in [3.8, 4) is 23.8 Å². The fraction of sp³-hybridized carbons (Fsp3) is 0.370. The topological polar surface area (TPSA) is 109 Å². The Morgan fingerprint density at radius 3 is 2.53 bits per heavy atom. The average molecular weight is 497 g/mol. The van der Waals surface area contributed by atoms with E-state index in [2.05, 4.69) is 26.9 Å². The molecule has 2 aromatic carbocycles. The van der Waals surface area contributed by atoms with Crippen LogP contribution in [-0.4, -0.2) is 50.2 Å². The zero-order chi connectivity index (χ0) is 26.2. The van der Waals surface area contributed by atoms with E-state index in [1.807, 2.05) is 6.07 Å². The molecule has 0 aliphatic heterocycles. The van der Waals surface area contributed by atoms with Gasteiger partial charge in [-0.3, -0.25) is 0 Å². The Balaban J connectivity index is 0.00000222. The Morgan fingerprint density at radius 1 is 1.03 bits per heavy atom. The molecule has 0 aliphatic rings. The molecule has 0 unspecified atom stereocenters. The molecular formula is C27H33FN4O4. The first-order valence-electron chi connectivity index (χ1n) is 11.7. The Kier molecular flexibility index (Phi) is 12.7. The number of methoxy groups -OCH3 is 1. The van der Waals surface area contributed by atoms with E-state index in [4.69, 9.17) is 20.6 Å². The number of nitrogens with one attached hydrogen (secondary N) is 1. The van der Waals surface area contributed by atoms with Crippen LogP contribution in [0.1, 0.15) is 37.7 Å². The van der Waals surface area contributed by atoms with Gasteiger partial charge in [0.2, 0.25) is 0 Å². The zero-order valence-corrected chi connectivity index (χ0v) is 20.8. The fourth-order valence-corrected chi connectivity index (χ4v) is 3.34. The standard InChI is InChI=1S/C26H28FN3O4.CH5N/c1-3-19-15-20(9-10-22(19)27)30-26-21-16-24(33-12-8-6-4-5-7-11-31)25(34-14-13-32-2)17-23(21)28-18-29-26;1-2/h1,9-11,15-18H,4-8,12-14H2,2H3,(H,28,29,30);2H2,1H3. The highest BCUT2D eigenvalue weighted by Gasteiger charge is 2.13. The number of terminal acetylenes is 1. The highest BCUT2D eigenvalue weighted by molar-refractivity contribution is 5.93. The minimum Gasteiger partial charge on any atom is -0.490 e. The average Bonchev–Trinajstić information content (AvgIpc) is 2.91. The number of nitrogens with two attached hydrogens (primary N) is 1. The molecule has 3 N–H and O–H groups in total. The van der Waals surface area contributed by atoms with Crippen molar-refractivity contribution in [2.45, 2.75) is 32.1 Å². The van der Waals surface area contributed by atoms with Crippen LogP contribution in [0.5, 0.6) is 11.5 Å². The Labute approximate surface area is 211 Å². The zero-order valence-electron chi connectivity index (χ0n) is 20.8. The fourth-order valence-electron chi connectivity index (χ4n) is 3.34. The molecule has 8 nitrogen and oxygen atoms in total. The minimum atomic E-state index is -0.458. The van der Waals surface area contributed by atoms with Gasteiger partial charge in [-0.2, -0.15) is 0 Å². The molecular weight excluding hydrogens is 463 g/mol. The normalized spacial score (nSPS) is 10.2. The number of ether oxygens (including phenoxy) is 3. The molecule has 0 aliphatic carbocycles. The van der Waals surface area contributed by atoms with E-state index >= 15 is 0 Å². The lowest BCUT2D eigenvalue weighted by molar-refractivity contribution is -0.107. The second-order valence-corrected chi connectivity index (χ2v) is 7.56. The van der Waals surface area contributed by atoms with E-state index < -0.39 is 5.82 Å². The highest BCUT2D eigenvalue weighted by atomic mass is 19.1. The molecule has 192 valence electrons. The predicted octanol–water partition coefficient (Wildman–Crippen LogP) is 4.62. The second-order valence-electron chi connectivity index (χ2n) is 7.56. The maximum atomic E-state index is 13.8. The number of aromatic nitrogens is 2. The van der Waals surface area contributed by atoms with Crippen LogP contribution in [-0.2, 0) is 9.53 Å². The number of benzene rings is 2. The molecule has 0 spiro atoms. The molecule has 0 fully saturated rings. The smallest absolute Gasteiger partial charge is 0.163 e. The minimum absolute atomic E-state index is 0.161. The van der Waals surface area contributed by atoms with Crippen molar-refractivity contribution >= 4 is 28.7 Å². The van der Waals surface area contributed by atoms with Crippen LogP contribution in [0, 0.1) is 18.2 Å². The van der Waals surface area contributed by atoms with Crippen molar-refractivity contribution in [1.82, 2.24) is 9.97 Å². The van der Waals surface area contributed by atoms with Gasteiger partial charge in [0.05, 0.1) is 24.3 Å². The number of fused-ring (bicyclic) bond motifs is 1. The SMILES string of the molecule is C#Cc1cc(Nc2ncnc3cc(OCCOC)c(OCCCCCCC=O)cc23)ccc1F.CN. The van der Waals surface area contributed by atoms with Crippen molar-refractivity contribution in [3.05, 3.63) is 48.0 Å². The number of anilines is 2. The molecule has 0 saturated heterocycles.